The van der Waals surface area contributed by atoms with Crippen molar-refractivity contribution in [2.24, 2.45) is 7.05 Å². The van der Waals surface area contributed by atoms with Crippen LogP contribution in [0.1, 0.15) is 5.56 Å². The maximum atomic E-state index is 13.3. The number of benzene rings is 2. The topological polar surface area (TPSA) is 61.1 Å². The van der Waals surface area contributed by atoms with E-state index in [9.17, 15) is 17.6 Å². The molecule has 0 amide bonds. The van der Waals surface area contributed by atoms with E-state index in [0.717, 1.165) is 9.54 Å². The average molecular weight is 396 g/mol. The first-order valence-corrected chi connectivity index (χ1v) is 10.0. The minimum absolute atomic E-state index is 0.0601. The zero-order valence-corrected chi connectivity index (χ0v) is 16.1. The van der Waals surface area contributed by atoms with E-state index in [1.807, 2.05) is 6.92 Å². The predicted molar refractivity (Wildman–Crippen MR) is 106 cm³/mol. The van der Waals surface area contributed by atoms with E-state index < -0.39 is 15.6 Å². The fourth-order valence-corrected chi connectivity index (χ4v) is 4.56. The highest BCUT2D eigenvalue weighted by molar-refractivity contribution is 7.90. The maximum Gasteiger partial charge on any atom is 0.275 e. The summed E-state index contributed by atoms with van der Waals surface area (Å²) in [6.45, 7) is 1.87. The highest BCUT2D eigenvalue weighted by Crippen LogP contribution is 2.29. The summed E-state index contributed by atoms with van der Waals surface area (Å²) >= 11 is 0. The first-order chi connectivity index (χ1) is 13.3. The van der Waals surface area contributed by atoms with E-state index >= 15 is 0 Å². The molecule has 0 aliphatic carbocycles. The fraction of sp³-hybridized carbons (Fsp3) is 0.0952. The van der Waals surface area contributed by atoms with Crippen LogP contribution in [0.5, 0.6) is 0 Å². The molecule has 4 aromatic rings. The molecule has 0 saturated carbocycles. The van der Waals surface area contributed by atoms with Crippen molar-refractivity contribution in [2.45, 2.75) is 11.8 Å². The largest absolute Gasteiger partial charge is 0.316 e. The van der Waals surface area contributed by atoms with E-state index in [0.29, 0.717) is 16.5 Å². The minimum Gasteiger partial charge on any atom is -0.316 e. The van der Waals surface area contributed by atoms with Gasteiger partial charge in [-0.2, -0.15) is 0 Å². The molecule has 0 aliphatic rings. The fourth-order valence-electron chi connectivity index (χ4n) is 3.21. The van der Waals surface area contributed by atoms with Gasteiger partial charge in [-0.3, -0.25) is 4.79 Å². The SMILES string of the molecule is Cc1ccc(S(=O)(=O)n2ccc3c(-c4ccc(F)cc4)cn(C)c(=O)c32)cc1. The molecule has 4 rings (SSSR count). The van der Waals surface area contributed by atoms with Crippen LogP contribution in [-0.4, -0.2) is 17.0 Å². The van der Waals surface area contributed by atoms with Gasteiger partial charge in [0, 0.05) is 30.4 Å². The first kappa shape index (κ1) is 18.2. The third-order valence-electron chi connectivity index (χ3n) is 4.72. The smallest absolute Gasteiger partial charge is 0.275 e. The number of halogens is 1. The van der Waals surface area contributed by atoms with Crippen LogP contribution >= 0.6 is 0 Å². The van der Waals surface area contributed by atoms with Crippen LogP contribution in [-0.2, 0) is 17.1 Å². The van der Waals surface area contributed by atoms with E-state index in [1.54, 1.807) is 43.6 Å². The Hall–Kier alpha value is -3.19. The summed E-state index contributed by atoms with van der Waals surface area (Å²) in [7, 11) is -2.38. The van der Waals surface area contributed by atoms with Gasteiger partial charge in [-0.15, -0.1) is 0 Å². The summed E-state index contributed by atoms with van der Waals surface area (Å²) in [4.78, 5) is 12.9. The van der Waals surface area contributed by atoms with E-state index in [2.05, 4.69) is 0 Å². The minimum atomic E-state index is -3.94. The molecule has 142 valence electrons. The van der Waals surface area contributed by atoms with Crippen LogP contribution < -0.4 is 5.56 Å². The summed E-state index contributed by atoms with van der Waals surface area (Å²) in [5.41, 5.74) is 1.90. The van der Waals surface area contributed by atoms with Gasteiger partial charge in [-0.25, -0.2) is 16.8 Å². The van der Waals surface area contributed by atoms with Gasteiger partial charge in [0.2, 0.25) is 0 Å². The molecule has 0 bridgehead atoms. The number of fused-ring (bicyclic) bond motifs is 1. The monoisotopic (exact) mass is 396 g/mol. The van der Waals surface area contributed by atoms with Crippen molar-refractivity contribution in [1.82, 2.24) is 8.54 Å². The summed E-state index contributed by atoms with van der Waals surface area (Å²) in [6, 6.07) is 13.9. The number of aromatic nitrogens is 2. The Labute approximate surface area is 161 Å². The van der Waals surface area contributed by atoms with Gasteiger partial charge in [-0.05, 0) is 42.8 Å². The second-order valence-corrected chi connectivity index (χ2v) is 8.47. The summed E-state index contributed by atoms with van der Waals surface area (Å²) < 4.78 is 41.9. The summed E-state index contributed by atoms with van der Waals surface area (Å²) in [5, 5.41) is 0.491. The van der Waals surface area contributed by atoms with Crippen molar-refractivity contribution < 1.29 is 12.8 Å². The standard InChI is InChI=1S/C21H17FN2O3S/c1-14-3-9-17(10-4-14)28(26,27)24-12-11-18-19(13-23(2)21(25)20(18)24)15-5-7-16(22)8-6-15/h3-13H,1-2H3. The van der Waals surface area contributed by atoms with Crippen LogP contribution in [0.4, 0.5) is 4.39 Å². The Bertz CT molecular complexity index is 1350. The van der Waals surface area contributed by atoms with Crippen LogP contribution in [0.2, 0.25) is 0 Å². The quantitative estimate of drug-likeness (QED) is 0.531. The van der Waals surface area contributed by atoms with Gasteiger partial charge in [0.05, 0.1) is 4.90 Å². The Balaban J connectivity index is 2.01. The highest BCUT2D eigenvalue weighted by atomic mass is 32.2. The van der Waals surface area contributed by atoms with Gasteiger partial charge in [0.15, 0.2) is 0 Å². The normalized spacial score (nSPS) is 11.8. The molecule has 0 atom stereocenters. The van der Waals surface area contributed by atoms with Gasteiger partial charge in [0.25, 0.3) is 15.6 Å². The Morgan fingerprint density at radius 3 is 2.21 bits per heavy atom. The lowest BCUT2D eigenvalue weighted by Crippen LogP contribution is -2.22. The van der Waals surface area contributed by atoms with E-state index in [1.165, 1.54) is 35.0 Å². The maximum absolute atomic E-state index is 13.3. The lowest BCUT2D eigenvalue weighted by molar-refractivity contribution is 0.589. The summed E-state index contributed by atoms with van der Waals surface area (Å²) in [6.07, 6.45) is 3.01. The molecule has 5 nitrogen and oxygen atoms in total. The number of rotatable bonds is 3. The van der Waals surface area contributed by atoms with Gasteiger partial charge in [-0.1, -0.05) is 29.8 Å². The lowest BCUT2D eigenvalue weighted by atomic mass is 10.0. The molecule has 2 aromatic heterocycles. The number of hydrogen-bond acceptors (Lipinski definition) is 3. The van der Waals surface area contributed by atoms with Crippen LogP contribution in [0, 0.1) is 12.7 Å². The van der Waals surface area contributed by atoms with Crippen molar-refractivity contribution in [2.75, 3.05) is 0 Å². The third kappa shape index (κ3) is 2.84. The molecule has 0 fully saturated rings. The van der Waals surface area contributed by atoms with Crippen molar-refractivity contribution in [1.29, 1.82) is 0 Å². The van der Waals surface area contributed by atoms with Crippen molar-refractivity contribution in [3.8, 4) is 11.1 Å². The Morgan fingerprint density at radius 1 is 0.929 bits per heavy atom. The molecule has 0 spiro atoms. The van der Waals surface area contributed by atoms with Gasteiger partial charge >= 0.3 is 0 Å². The molecule has 2 heterocycles. The van der Waals surface area contributed by atoms with Crippen LogP contribution in [0.25, 0.3) is 22.0 Å². The molecule has 7 heteroatoms. The zero-order valence-electron chi connectivity index (χ0n) is 15.3. The van der Waals surface area contributed by atoms with Gasteiger partial charge < -0.3 is 4.57 Å². The predicted octanol–water partition coefficient (Wildman–Crippen LogP) is 3.69. The van der Waals surface area contributed by atoms with Crippen LogP contribution in [0.15, 0.2) is 76.7 Å². The van der Waals surface area contributed by atoms with Crippen molar-refractivity contribution in [3.63, 3.8) is 0 Å². The molecule has 0 unspecified atom stereocenters. The Kier molecular flexibility index (Phi) is 4.19. The molecule has 0 aliphatic heterocycles. The molecule has 0 saturated heterocycles. The third-order valence-corrected chi connectivity index (χ3v) is 6.41. The van der Waals surface area contributed by atoms with E-state index in [-0.39, 0.29) is 16.2 Å². The average Bonchev–Trinajstić information content (AvgIpc) is 3.12. The molecular weight excluding hydrogens is 379 g/mol. The molecule has 0 N–H and O–H groups in total. The van der Waals surface area contributed by atoms with Crippen molar-refractivity contribution in [3.05, 3.63) is 88.7 Å². The second kappa shape index (κ2) is 6.45. The van der Waals surface area contributed by atoms with Crippen LogP contribution in [0.3, 0.4) is 0 Å². The van der Waals surface area contributed by atoms with E-state index in [4.69, 9.17) is 0 Å². The van der Waals surface area contributed by atoms with Crippen molar-refractivity contribution >= 4 is 20.9 Å². The molecular formula is C21H17FN2O3S. The first-order valence-electron chi connectivity index (χ1n) is 8.58. The zero-order chi connectivity index (χ0) is 20.1. The second-order valence-electron chi connectivity index (χ2n) is 6.66. The highest BCUT2D eigenvalue weighted by Gasteiger charge is 2.22. The Morgan fingerprint density at radius 2 is 1.57 bits per heavy atom. The van der Waals surface area contributed by atoms with Gasteiger partial charge in [0.1, 0.15) is 11.3 Å². The lowest BCUT2D eigenvalue weighted by Gasteiger charge is -2.11. The molecule has 0 radical (unpaired) electrons. The summed E-state index contributed by atoms with van der Waals surface area (Å²) in [5.74, 6) is -0.371. The number of pyridine rings is 1. The molecule has 28 heavy (non-hydrogen) atoms. The number of hydrogen-bond donors (Lipinski definition) is 0. The molecule has 2 aromatic carbocycles. The number of nitrogens with zero attached hydrogens (tertiary/aromatic N) is 2. The number of aryl methyl sites for hydroxylation is 2.